The summed E-state index contributed by atoms with van der Waals surface area (Å²) >= 11 is 0. The van der Waals surface area contributed by atoms with Crippen molar-refractivity contribution in [1.82, 2.24) is 0 Å². The molecule has 74 valence electrons. The monoisotopic (exact) mass is 179 g/mol. The van der Waals surface area contributed by atoms with E-state index < -0.39 is 0 Å². The lowest BCUT2D eigenvalue weighted by atomic mass is 9.84. The molecule has 0 aliphatic heterocycles. The van der Waals surface area contributed by atoms with E-state index in [-0.39, 0.29) is 11.0 Å². The van der Waals surface area contributed by atoms with E-state index >= 15 is 0 Å². The van der Waals surface area contributed by atoms with Gasteiger partial charge >= 0.3 is 0 Å². The van der Waals surface area contributed by atoms with Crippen LogP contribution in [0.5, 0.6) is 0 Å². The Morgan fingerprint density at radius 3 is 2.08 bits per heavy atom. The highest BCUT2D eigenvalue weighted by atomic mass is 14.9. The second-order valence-corrected chi connectivity index (χ2v) is 4.38. The molecule has 0 aromatic rings. The van der Waals surface area contributed by atoms with Crippen LogP contribution in [0.3, 0.4) is 0 Å². The summed E-state index contributed by atoms with van der Waals surface area (Å²) in [6.45, 7) is 14.4. The van der Waals surface area contributed by atoms with Crippen LogP contribution in [0, 0.1) is 5.41 Å². The molecule has 1 rings (SSSR count). The number of hydrogen-bond acceptors (Lipinski definition) is 1. The Kier molecular flexibility index (Phi) is 2.42. The van der Waals surface area contributed by atoms with Crippen LogP contribution >= 0.6 is 0 Å². The van der Waals surface area contributed by atoms with Crippen LogP contribution in [0.2, 0.25) is 0 Å². The summed E-state index contributed by atoms with van der Waals surface area (Å²) in [4.78, 5) is 0. The highest BCUT2D eigenvalue weighted by Gasteiger charge is 2.63. The molecule has 0 aromatic heterocycles. The minimum atomic E-state index is -0.00220. The van der Waals surface area contributed by atoms with E-state index in [9.17, 15) is 0 Å². The van der Waals surface area contributed by atoms with Gasteiger partial charge in [0.25, 0.3) is 0 Å². The van der Waals surface area contributed by atoms with Crippen molar-refractivity contribution in [2.75, 3.05) is 0 Å². The standard InChI is InChI=1S/C12H21N/c1-6-11(10(5)9(3)4)8-12(11,13)7-2/h3,5-8,13H2,1-2,4H3. The second-order valence-electron chi connectivity index (χ2n) is 4.38. The molecule has 1 aliphatic rings. The first-order valence-corrected chi connectivity index (χ1v) is 5.07. The van der Waals surface area contributed by atoms with E-state index in [1.54, 1.807) is 0 Å². The molecule has 0 spiro atoms. The Balaban J connectivity index is 2.89. The molecule has 13 heavy (non-hydrogen) atoms. The predicted molar refractivity (Wildman–Crippen MR) is 58.5 cm³/mol. The van der Waals surface area contributed by atoms with Gasteiger partial charge in [-0.3, -0.25) is 0 Å². The lowest BCUT2D eigenvalue weighted by Crippen LogP contribution is -2.30. The molecule has 0 amide bonds. The van der Waals surface area contributed by atoms with Crippen LogP contribution in [0.25, 0.3) is 0 Å². The van der Waals surface area contributed by atoms with Crippen LogP contribution in [-0.2, 0) is 0 Å². The lowest BCUT2D eigenvalue weighted by molar-refractivity contribution is 0.457. The second kappa shape index (κ2) is 2.98. The number of rotatable bonds is 4. The highest BCUT2D eigenvalue weighted by Crippen LogP contribution is 2.63. The van der Waals surface area contributed by atoms with Crippen molar-refractivity contribution in [3.8, 4) is 0 Å². The minimum Gasteiger partial charge on any atom is -0.324 e. The molecular weight excluding hydrogens is 158 g/mol. The van der Waals surface area contributed by atoms with Crippen molar-refractivity contribution < 1.29 is 0 Å². The van der Waals surface area contributed by atoms with Gasteiger partial charge in [-0.15, -0.1) is 0 Å². The van der Waals surface area contributed by atoms with Gasteiger partial charge in [-0.05, 0) is 31.8 Å². The zero-order chi connectivity index (χ0) is 10.3. The summed E-state index contributed by atoms with van der Waals surface area (Å²) in [6.07, 6.45) is 3.20. The maximum absolute atomic E-state index is 6.27. The first-order valence-electron chi connectivity index (χ1n) is 5.07. The van der Waals surface area contributed by atoms with Crippen molar-refractivity contribution in [2.45, 2.75) is 45.6 Å². The van der Waals surface area contributed by atoms with Crippen LogP contribution in [-0.4, -0.2) is 5.54 Å². The minimum absolute atomic E-state index is 0.00220. The predicted octanol–water partition coefficient (Wildman–Crippen LogP) is 3.03. The lowest BCUT2D eigenvalue weighted by Gasteiger charge is -2.23. The fourth-order valence-corrected chi connectivity index (χ4v) is 2.46. The Morgan fingerprint density at radius 2 is 1.85 bits per heavy atom. The third-order valence-corrected chi connectivity index (χ3v) is 3.77. The van der Waals surface area contributed by atoms with Gasteiger partial charge in [0.05, 0.1) is 0 Å². The van der Waals surface area contributed by atoms with Gasteiger partial charge < -0.3 is 5.73 Å². The normalized spacial score (nSPS) is 37.2. The summed E-state index contributed by atoms with van der Waals surface area (Å²) in [5, 5.41) is 0. The molecule has 2 unspecified atom stereocenters. The molecule has 1 fully saturated rings. The van der Waals surface area contributed by atoms with Gasteiger partial charge in [0.2, 0.25) is 0 Å². The zero-order valence-corrected chi connectivity index (χ0v) is 9.11. The fourth-order valence-electron chi connectivity index (χ4n) is 2.46. The van der Waals surface area contributed by atoms with E-state index in [1.807, 2.05) is 6.92 Å². The van der Waals surface area contributed by atoms with Gasteiger partial charge in [-0.2, -0.15) is 0 Å². The molecule has 2 N–H and O–H groups in total. The van der Waals surface area contributed by atoms with Crippen LogP contribution < -0.4 is 5.73 Å². The van der Waals surface area contributed by atoms with Crippen LogP contribution in [0.4, 0.5) is 0 Å². The van der Waals surface area contributed by atoms with Crippen molar-refractivity contribution >= 4 is 0 Å². The van der Waals surface area contributed by atoms with Gasteiger partial charge in [0, 0.05) is 11.0 Å². The molecular formula is C12H21N. The van der Waals surface area contributed by atoms with E-state index in [0.717, 1.165) is 24.8 Å². The Hall–Kier alpha value is -0.560. The molecule has 2 atom stereocenters. The van der Waals surface area contributed by atoms with Gasteiger partial charge in [0.1, 0.15) is 0 Å². The number of allylic oxidation sites excluding steroid dienone is 1. The van der Waals surface area contributed by atoms with Crippen molar-refractivity contribution in [3.05, 3.63) is 24.3 Å². The molecule has 1 saturated carbocycles. The summed E-state index contributed by atoms with van der Waals surface area (Å²) < 4.78 is 0. The maximum atomic E-state index is 6.27. The van der Waals surface area contributed by atoms with Gasteiger partial charge in [-0.25, -0.2) is 0 Å². The van der Waals surface area contributed by atoms with Crippen LogP contribution in [0.15, 0.2) is 24.3 Å². The molecule has 1 heteroatoms. The Labute approximate surface area is 81.7 Å². The third-order valence-electron chi connectivity index (χ3n) is 3.77. The Morgan fingerprint density at radius 1 is 1.31 bits per heavy atom. The average Bonchev–Trinajstić information content (AvgIpc) is 2.73. The van der Waals surface area contributed by atoms with Gasteiger partial charge in [0.15, 0.2) is 0 Å². The summed E-state index contributed by atoms with van der Waals surface area (Å²) in [6, 6.07) is 0. The van der Waals surface area contributed by atoms with Crippen molar-refractivity contribution in [3.63, 3.8) is 0 Å². The SMILES string of the molecule is C=C(C)C(=C)C1(CC)CC1(N)CC. The van der Waals surface area contributed by atoms with Crippen LogP contribution in [0.1, 0.15) is 40.0 Å². The summed E-state index contributed by atoms with van der Waals surface area (Å²) in [5.41, 5.74) is 8.68. The largest absolute Gasteiger partial charge is 0.324 e. The van der Waals surface area contributed by atoms with E-state index in [0.29, 0.717) is 0 Å². The fraction of sp³-hybridized carbons (Fsp3) is 0.667. The first-order chi connectivity index (χ1) is 5.93. The smallest absolute Gasteiger partial charge is 0.0259 e. The van der Waals surface area contributed by atoms with E-state index in [1.165, 1.54) is 5.57 Å². The average molecular weight is 179 g/mol. The Bertz CT molecular complexity index is 254. The van der Waals surface area contributed by atoms with E-state index in [2.05, 4.69) is 27.0 Å². The van der Waals surface area contributed by atoms with Crippen molar-refractivity contribution in [2.24, 2.45) is 11.1 Å². The molecule has 0 radical (unpaired) electrons. The van der Waals surface area contributed by atoms with Crippen molar-refractivity contribution in [1.29, 1.82) is 0 Å². The topological polar surface area (TPSA) is 26.0 Å². The quantitative estimate of drug-likeness (QED) is 0.660. The maximum Gasteiger partial charge on any atom is 0.0259 e. The molecule has 1 nitrogen and oxygen atoms in total. The molecule has 0 aromatic carbocycles. The zero-order valence-electron chi connectivity index (χ0n) is 9.11. The molecule has 0 bridgehead atoms. The summed E-state index contributed by atoms with van der Waals surface area (Å²) in [7, 11) is 0. The van der Waals surface area contributed by atoms with E-state index in [4.69, 9.17) is 5.73 Å². The number of hydrogen-bond donors (Lipinski definition) is 1. The first kappa shape index (κ1) is 10.5. The summed E-state index contributed by atoms with van der Waals surface area (Å²) in [5.74, 6) is 0. The third kappa shape index (κ3) is 1.26. The molecule has 0 heterocycles. The number of nitrogens with two attached hydrogens (primary N) is 1. The molecule has 0 saturated heterocycles. The van der Waals surface area contributed by atoms with Gasteiger partial charge in [-0.1, -0.05) is 32.6 Å². The molecule has 1 aliphatic carbocycles. The highest BCUT2D eigenvalue weighted by molar-refractivity contribution is 5.42.